The minimum atomic E-state index is -1.65. The first-order valence-corrected chi connectivity index (χ1v) is 16.9. The Labute approximate surface area is 292 Å². The maximum absolute atomic E-state index is 12.4. The molecule has 10 N–H and O–H groups in total. The predicted octanol–water partition coefficient (Wildman–Crippen LogP) is 1.39. The van der Waals surface area contributed by atoms with Crippen LogP contribution in [-0.2, 0) is 19.3 Å². The number of aliphatic imine (C=N–C) groups is 1. The zero-order valence-corrected chi connectivity index (χ0v) is 28.7. The van der Waals surface area contributed by atoms with Gasteiger partial charge in [-0.05, 0) is 81.6 Å². The summed E-state index contributed by atoms with van der Waals surface area (Å²) in [5.41, 5.74) is 15.5. The third-order valence-electron chi connectivity index (χ3n) is 8.17. The second-order valence-electron chi connectivity index (χ2n) is 12.1. The number of benzene rings is 2. The molecule has 4 atom stereocenters. The van der Waals surface area contributed by atoms with Crippen LogP contribution >= 0.6 is 11.6 Å². The molecule has 14 heteroatoms. The van der Waals surface area contributed by atoms with Gasteiger partial charge in [0, 0.05) is 13.1 Å². The van der Waals surface area contributed by atoms with Gasteiger partial charge in [0.1, 0.15) is 18.3 Å². The fraction of sp³-hybridized carbons (Fsp3) is 0.486. The van der Waals surface area contributed by atoms with Gasteiger partial charge >= 0.3 is 0 Å². The molecule has 13 nitrogen and oxygen atoms in total. The number of hydrogen-bond acceptors (Lipinski definition) is 11. The molecule has 0 unspecified atom stereocenters. The van der Waals surface area contributed by atoms with Crippen molar-refractivity contribution >= 4 is 29.3 Å². The summed E-state index contributed by atoms with van der Waals surface area (Å²) in [6.45, 7) is 2.84. The van der Waals surface area contributed by atoms with E-state index in [9.17, 15) is 25.2 Å². The molecule has 0 spiro atoms. The number of halogens is 1. The highest BCUT2D eigenvalue weighted by molar-refractivity contribution is 6.30. The molecule has 1 heterocycles. The molecule has 0 fully saturated rings. The SMILES string of the molecule is Cc1nc(N)c(C(=O)NC(N)=NCCCCc2ccc(CCCN(CCCc3ccccc3)C[C@H](O)[C@@H](O)[C@H](O)[C@H](O)CO)cc2)nc1Cl. The maximum Gasteiger partial charge on any atom is 0.280 e. The van der Waals surface area contributed by atoms with Crippen LogP contribution in [0.2, 0.25) is 5.15 Å². The first-order chi connectivity index (χ1) is 23.5. The van der Waals surface area contributed by atoms with Gasteiger partial charge < -0.3 is 41.9 Å². The number of aliphatic hydroxyl groups is 5. The number of unbranched alkanes of at least 4 members (excludes halogenated alkanes) is 1. The second kappa shape index (κ2) is 20.7. The first kappa shape index (κ1) is 39.7. The third-order valence-corrected chi connectivity index (χ3v) is 8.53. The zero-order valence-electron chi connectivity index (χ0n) is 28.0. The fourth-order valence-corrected chi connectivity index (χ4v) is 5.43. The normalized spacial score (nSPS) is 14.4. The summed E-state index contributed by atoms with van der Waals surface area (Å²) in [6, 6.07) is 18.6. The van der Waals surface area contributed by atoms with Crippen molar-refractivity contribution in [3.05, 3.63) is 87.8 Å². The number of amides is 1. The molecule has 1 aromatic heterocycles. The van der Waals surface area contributed by atoms with E-state index in [1.165, 1.54) is 16.7 Å². The number of anilines is 1. The van der Waals surface area contributed by atoms with Crippen molar-refractivity contribution in [2.24, 2.45) is 10.7 Å². The third kappa shape index (κ3) is 13.6. The van der Waals surface area contributed by atoms with E-state index in [4.69, 9.17) is 28.2 Å². The lowest BCUT2D eigenvalue weighted by atomic mass is 10.0. The smallest absolute Gasteiger partial charge is 0.280 e. The quantitative estimate of drug-likeness (QED) is 0.0478. The minimum Gasteiger partial charge on any atom is -0.394 e. The highest BCUT2D eigenvalue weighted by Crippen LogP contribution is 2.15. The van der Waals surface area contributed by atoms with Gasteiger partial charge in [0.2, 0.25) is 0 Å². The molecule has 268 valence electrons. The summed E-state index contributed by atoms with van der Waals surface area (Å²) in [7, 11) is 0. The minimum absolute atomic E-state index is 0.0363. The number of nitrogen functional groups attached to an aromatic ring is 1. The highest BCUT2D eigenvalue weighted by Gasteiger charge is 2.31. The number of carbonyl (C=O) groups excluding carboxylic acids is 1. The molecule has 0 aliphatic carbocycles. The highest BCUT2D eigenvalue weighted by atomic mass is 35.5. The van der Waals surface area contributed by atoms with Gasteiger partial charge in [-0.2, -0.15) is 0 Å². The monoisotopic (exact) mass is 699 g/mol. The zero-order chi connectivity index (χ0) is 35.8. The Kier molecular flexibility index (Phi) is 16.8. The lowest BCUT2D eigenvalue weighted by Gasteiger charge is -2.30. The molecular formula is C35H50ClN7O6. The molecule has 2 aromatic carbocycles. The average Bonchev–Trinajstić information content (AvgIpc) is 3.09. The van der Waals surface area contributed by atoms with Crippen molar-refractivity contribution in [1.29, 1.82) is 0 Å². The van der Waals surface area contributed by atoms with Crippen LogP contribution in [0.4, 0.5) is 5.82 Å². The number of aliphatic hydroxyl groups excluding tert-OH is 5. The van der Waals surface area contributed by atoms with Gasteiger partial charge in [-0.3, -0.25) is 15.1 Å². The number of aryl methyl sites for hydroxylation is 4. The summed E-state index contributed by atoms with van der Waals surface area (Å²) in [6.07, 6.45) is -0.180. The molecule has 49 heavy (non-hydrogen) atoms. The van der Waals surface area contributed by atoms with Crippen LogP contribution in [0.5, 0.6) is 0 Å². The van der Waals surface area contributed by atoms with Gasteiger partial charge in [0.15, 0.2) is 22.6 Å². The maximum atomic E-state index is 12.4. The molecule has 0 radical (unpaired) electrons. The van der Waals surface area contributed by atoms with Crippen molar-refractivity contribution in [2.75, 3.05) is 38.5 Å². The lowest BCUT2D eigenvalue weighted by Crippen LogP contribution is -2.50. The first-order valence-electron chi connectivity index (χ1n) is 16.6. The molecule has 3 aromatic rings. The van der Waals surface area contributed by atoms with E-state index in [0.29, 0.717) is 25.3 Å². The van der Waals surface area contributed by atoms with Crippen LogP contribution in [0, 0.1) is 6.92 Å². The van der Waals surface area contributed by atoms with Gasteiger partial charge in [-0.1, -0.05) is 66.2 Å². The van der Waals surface area contributed by atoms with E-state index >= 15 is 0 Å². The number of nitrogens with zero attached hydrogens (tertiary/aromatic N) is 4. The lowest BCUT2D eigenvalue weighted by molar-refractivity contribution is -0.119. The number of carbonyl (C=O) groups is 1. The molecule has 0 saturated carbocycles. The van der Waals surface area contributed by atoms with Crippen LogP contribution in [0.15, 0.2) is 59.6 Å². The predicted molar refractivity (Wildman–Crippen MR) is 190 cm³/mol. The van der Waals surface area contributed by atoms with E-state index in [1.54, 1.807) is 6.92 Å². The molecule has 0 aliphatic rings. The van der Waals surface area contributed by atoms with Gasteiger partial charge in [-0.25, -0.2) is 9.97 Å². The molecule has 1 amide bonds. The Hall–Kier alpha value is -3.69. The summed E-state index contributed by atoms with van der Waals surface area (Å²) in [5.74, 6) is -0.707. The van der Waals surface area contributed by atoms with Crippen molar-refractivity contribution in [2.45, 2.75) is 76.3 Å². The van der Waals surface area contributed by atoms with E-state index in [1.807, 2.05) is 18.2 Å². The Morgan fingerprint density at radius 1 is 0.857 bits per heavy atom. The van der Waals surface area contributed by atoms with Gasteiger partial charge in [0.25, 0.3) is 5.91 Å². The van der Waals surface area contributed by atoms with Crippen LogP contribution in [0.3, 0.4) is 0 Å². The number of nitrogens with one attached hydrogen (secondary N) is 1. The number of nitrogens with two attached hydrogens (primary N) is 2. The molecular weight excluding hydrogens is 650 g/mol. The van der Waals surface area contributed by atoms with Crippen molar-refractivity contribution < 1.29 is 30.3 Å². The summed E-state index contributed by atoms with van der Waals surface area (Å²) in [4.78, 5) is 26.6. The van der Waals surface area contributed by atoms with E-state index in [2.05, 4.69) is 61.6 Å². The van der Waals surface area contributed by atoms with E-state index < -0.39 is 36.9 Å². The second-order valence-corrected chi connectivity index (χ2v) is 12.5. The molecule has 3 rings (SSSR count). The van der Waals surface area contributed by atoms with Crippen LogP contribution in [0.25, 0.3) is 0 Å². The number of rotatable bonds is 20. The Morgan fingerprint density at radius 2 is 1.41 bits per heavy atom. The average molecular weight is 700 g/mol. The number of guanidine groups is 1. The van der Waals surface area contributed by atoms with Crippen LogP contribution in [-0.4, -0.2) is 109 Å². The van der Waals surface area contributed by atoms with Gasteiger partial charge in [0.05, 0.1) is 18.4 Å². The number of aromatic nitrogens is 2. The Balaban J connectivity index is 1.42. The van der Waals surface area contributed by atoms with Crippen LogP contribution < -0.4 is 16.8 Å². The van der Waals surface area contributed by atoms with Gasteiger partial charge in [-0.15, -0.1) is 0 Å². The Bertz CT molecular complexity index is 1460. The molecule has 0 saturated heterocycles. The summed E-state index contributed by atoms with van der Waals surface area (Å²) < 4.78 is 0. The van der Waals surface area contributed by atoms with E-state index in [-0.39, 0.29) is 29.2 Å². The summed E-state index contributed by atoms with van der Waals surface area (Å²) >= 11 is 5.95. The molecule has 0 aliphatic heterocycles. The topological polar surface area (TPSA) is 224 Å². The summed E-state index contributed by atoms with van der Waals surface area (Å²) in [5, 5.41) is 52.3. The van der Waals surface area contributed by atoms with Crippen molar-refractivity contribution in [3.8, 4) is 0 Å². The fourth-order valence-electron chi connectivity index (χ4n) is 5.30. The van der Waals surface area contributed by atoms with Crippen molar-refractivity contribution in [1.82, 2.24) is 20.2 Å². The Morgan fingerprint density at radius 3 is 2.00 bits per heavy atom. The standard InChI is InChI=1S/C35H50ClN7O6/c1-23-32(36)41-29(33(37)40-23)34(49)42-35(38)39-18-6-5-11-25-14-16-26(17-15-25)13-8-20-43(19-7-12-24-9-3-2-4-10-24)21-27(45)30(47)31(48)28(46)22-44/h2-4,9-10,14-17,27-28,30-31,44-48H,5-8,11-13,18-22H2,1H3,(H2,37,40)(H3,38,39,42,49)/t27-,28+,30+,31+/m0/s1. The van der Waals surface area contributed by atoms with Crippen LogP contribution in [0.1, 0.15) is 58.6 Å². The number of hydrogen-bond donors (Lipinski definition) is 8. The van der Waals surface area contributed by atoms with E-state index in [0.717, 1.165) is 44.9 Å². The molecule has 0 bridgehead atoms. The largest absolute Gasteiger partial charge is 0.394 e. The van der Waals surface area contributed by atoms with Crippen molar-refractivity contribution in [3.63, 3.8) is 0 Å².